The van der Waals surface area contributed by atoms with Gasteiger partial charge in [0, 0.05) is 24.1 Å². The first-order chi connectivity index (χ1) is 5.81. The molecule has 1 aromatic rings. The van der Waals surface area contributed by atoms with Crippen LogP contribution in [0.4, 0.5) is 11.1 Å². The number of rotatable bonds is 3. The fourth-order valence-electron chi connectivity index (χ4n) is 1.28. The lowest BCUT2D eigenvalue weighted by Gasteiger charge is -2.17. The molecule has 1 saturated carbocycles. The number of hydrogen-bond acceptors (Lipinski definition) is 5. The first kappa shape index (κ1) is 7.79. The van der Waals surface area contributed by atoms with Crippen LogP contribution in [0.2, 0.25) is 0 Å². The second-order valence-electron chi connectivity index (χ2n) is 2.95. The van der Waals surface area contributed by atoms with Gasteiger partial charge in [0.25, 0.3) is 0 Å². The average molecular weight is 184 g/mol. The van der Waals surface area contributed by atoms with Crippen molar-refractivity contribution < 1.29 is 0 Å². The maximum absolute atomic E-state index is 5.45. The lowest BCUT2D eigenvalue weighted by Crippen LogP contribution is -2.24. The molecular formula is C7H12N4S. The summed E-state index contributed by atoms with van der Waals surface area (Å²) in [4.78, 5) is 6.43. The fraction of sp³-hybridized carbons (Fsp3) is 0.714. The predicted octanol–water partition coefficient (Wildman–Crippen LogP) is 1.11. The van der Waals surface area contributed by atoms with Gasteiger partial charge in [0.15, 0.2) is 0 Å². The zero-order chi connectivity index (χ0) is 8.55. The number of aromatic nitrogens is 2. The van der Waals surface area contributed by atoms with E-state index >= 15 is 0 Å². The largest absolute Gasteiger partial charge is 0.367 e. The molecule has 4 nitrogen and oxygen atoms in total. The Bertz CT molecular complexity index is 268. The normalized spacial score (nSPS) is 16.4. The molecule has 1 aliphatic carbocycles. The van der Waals surface area contributed by atoms with E-state index in [0.717, 1.165) is 11.7 Å². The summed E-state index contributed by atoms with van der Waals surface area (Å²) >= 11 is 1.39. The molecule has 1 heterocycles. The topological polar surface area (TPSA) is 55.0 Å². The third-order valence-electron chi connectivity index (χ3n) is 2.01. The second kappa shape index (κ2) is 2.90. The van der Waals surface area contributed by atoms with Crippen molar-refractivity contribution in [2.24, 2.45) is 0 Å². The Balaban J connectivity index is 2.15. The van der Waals surface area contributed by atoms with Crippen molar-refractivity contribution in [1.29, 1.82) is 0 Å². The highest BCUT2D eigenvalue weighted by molar-refractivity contribution is 7.09. The third kappa shape index (κ3) is 1.36. The molecule has 0 atom stereocenters. The lowest BCUT2D eigenvalue weighted by molar-refractivity contribution is 0.821. The van der Waals surface area contributed by atoms with Gasteiger partial charge in [-0.25, -0.2) is 0 Å². The number of hydrogen-bond donors (Lipinski definition) is 1. The van der Waals surface area contributed by atoms with Gasteiger partial charge >= 0.3 is 0 Å². The maximum Gasteiger partial charge on any atom is 0.233 e. The second-order valence-corrected chi connectivity index (χ2v) is 3.68. The average Bonchev–Trinajstić information content (AvgIpc) is 2.78. The van der Waals surface area contributed by atoms with Gasteiger partial charge in [0.1, 0.15) is 0 Å². The molecule has 5 heteroatoms. The van der Waals surface area contributed by atoms with Gasteiger partial charge in [-0.1, -0.05) is 0 Å². The van der Waals surface area contributed by atoms with Gasteiger partial charge in [-0.05, 0) is 19.8 Å². The van der Waals surface area contributed by atoms with E-state index in [0.29, 0.717) is 12.0 Å². The summed E-state index contributed by atoms with van der Waals surface area (Å²) in [5.74, 6) is 0.397. The molecule has 0 aromatic carbocycles. The summed E-state index contributed by atoms with van der Waals surface area (Å²) < 4.78 is 3.96. The molecule has 0 unspecified atom stereocenters. The van der Waals surface area contributed by atoms with Crippen LogP contribution in [-0.2, 0) is 0 Å². The van der Waals surface area contributed by atoms with E-state index in [1.807, 2.05) is 0 Å². The molecule has 0 radical (unpaired) electrons. The van der Waals surface area contributed by atoms with E-state index in [1.54, 1.807) is 0 Å². The molecule has 12 heavy (non-hydrogen) atoms. The zero-order valence-electron chi connectivity index (χ0n) is 7.03. The van der Waals surface area contributed by atoms with Crippen LogP contribution in [-0.4, -0.2) is 21.9 Å². The first-order valence-electron chi connectivity index (χ1n) is 4.17. The molecule has 1 fully saturated rings. The maximum atomic E-state index is 5.45. The number of nitrogen functional groups attached to an aromatic ring is 1. The summed E-state index contributed by atoms with van der Waals surface area (Å²) in [5.41, 5.74) is 5.45. The van der Waals surface area contributed by atoms with Gasteiger partial charge in [0.2, 0.25) is 11.1 Å². The smallest absolute Gasteiger partial charge is 0.233 e. The minimum absolute atomic E-state index is 0.397. The Morgan fingerprint density at radius 3 is 2.83 bits per heavy atom. The Labute approximate surface area is 75.6 Å². The Morgan fingerprint density at radius 2 is 2.42 bits per heavy atom. The Kier molecular flexibility index (Phi) is 1.88. The highest BCUT2D eigenvalue weighted by Crippen LogP contribution is 2.32. The lowest BCUT2D eigenvalue weighted by atomic mass is 10.5. The van der Waals surface area contributed by atoms with Crippen molar-refractivity contribution >= 4 is 22.6 Å². The van der Waals surface area contributed by atoms with Gasteiger partial charge in [-0.2, -0.15) is 9.36 Å². The molecule has 0 amide bonds. The van der Waals surface area contributed by atoms with E-state index in [2.05, 4.69) is 21.2 Å². The summed E-state index contributed by atoms with van der Waals surface area (Å²) in [6.07, 6.45) is 2.57. The zero-order valence-corrected chi connectivity index (χ0v) is 7.84. The number of nitrogens with zero attached hydrogens (tertiary/aromatic N) is 3. The highest BCUT2D eigenvalue weighted by atomic mass is 32.1. The van der Waals surface area contributed by atoms with Crippen LogP contribution >= 0.6 is 11.5 Å². The molecule has 0 saturated heterocycles. The predicted molar refractivity (Wildman–Crippen MR) is 50.4 cm³/mol. The van der Waals surface area contributed by atoms with E-state index in [9.17, 15) is 0 Å². The minimum Gasteiger partial charge on any atom is -0.367 e. The van der Waals surface area contributed by atoms with Crippen molar-refractivity contribution in [1.82, 2.24) is 9.36 Å². The van der Waals surface area contributed by atoms with Crippen LogP contribution in [0.15, 0.2) is 0 Å². The molecule has 2 rings (SSSR count). The number of anilines is 2. The summed E-state index contributed by atoms with van der Waals surface area (Å²) in [5, 5.41) is 0.970. The Hall–Kier alpha value is -0.840. The van der Waals surface area contributed by atoms with E-state index in [1.165, 1.54) is 24.4 Å². The van der Waals surface area contributed by atoms with Crippen LogP contribution < -0.4 is 10.6 Å². The third-order valence-corrected chi connectivity index (χ3v) is 2.77. The Morgan fingerprint density at radius 1 is 1.67 bits per heavy atom. The molecule has 2 N–H and O–H groups in total. The van der Waals surface area contributed by atoms with Crippen LogP contribution in [0.3, 0.4) is 0 Å². The van der Waals surface area contributed by atoms with E-state index < -0.39 is 0 Å². The van der Waals surface area contributed by atoms with Gasteiger partial charge in [-0.3, -0.25) is 0 Å². The summed E-state index contributed by atoms with van der Waals surface area (Å²) in [6.45, 7) is 3.13. The molecule has 66 valence electrons. The van der Waals surface area contributed by atoms with Crippen molar-refractivity contribution in [3.63, 3.8) is 0 Å². The molecular weight excluding hydrogens is 172 g/mol. The quantitative estimate of drug-likeness (QED) is 0.764. The molecule has 0 aliphatic heterocycles. The van der Waals surface area contributed by atoms with Gasteiger partial charge in [-0.15, -0.1) is 0 Å². The van der Waals surface area contributed by atoms with E-state index in [4.69, 9.17) is 5.73 Å². The van der Waals surface area contributed by atoms with Crippen molar-refractivity contribution in [3.05, 3.63) is 0 Å². The van der Waals surface area contributed by atoms with E-state index in [-0.39, 0.29) is 0 Å². The van der Waals surface area contributed by atoms with Crippen LogP contribution in [0.5, 0.6) is 0 Å². The van der Waals surface area contributed by atoms with Crippen LogP contribution in [0.25, 0.3) is 0 Å². The van der Waals surface area contributed by atoms with Crippen LogP contribution in [0, 0.1) is 0 Å². The van der Waals surface area contributed by atoms with Crippen LogP contribution in [0.1, 0.15) is 19.8 Å². The monoisotopic (exact) mass is 184 g/mol. The fourth-order valence-corrected chi connectivity index (χ4v) is 2.01. The minimum atomic E-state index is 0.397. The molecule has 0 bridgehead atoms. The SMILES string of the molecule is CCN(c1nc(N)ns1)C1CC1. The van der Waals surface area contributed by atoms with Crippen molar-refractivity contribution in [2.75, 3.05) is 17.2 Å². The van der Waals surface area contributed by atoms with Gasteiger partial charge in [0.05, 0.1) is 0 Å². The summed E-state index contributed by atoms with van der Waals surface area (Å²) in [7, 11) is 0. The van der Waals surface area contributed by atoms with Gasteiger partial charge < -0.3 is 10.6 Å². The van der Waals surface area contributed by atoms with Crippen molar-refractivity contribution in [3.8, 4) is 0 Å². The molecule has 0 spiro atoms. The molecule has 1 aromatic heterocycles. The summed E-state index contributed by atoms with van der Waals surface area (Å²) in [6, 6.07) is 0.697. The standard InChI is InChI=1S/C7H12N4S/c1-2-11(5-3-4-5)7-9-6(8)10-12-7/h5H,2-4H2,1H3,(H2,8,10). The first-order valence-corrected chi connectivity index (χ1v) is 4.94. The molecule has 1 aliphatic rings. The number of nitrogens with two attached hydrogens (primary N) is 1. The highest BCUT2D eigenvalue weighted by Gasteiger charge is 2.29. The van der Waals surface area contributed by atoms with Crippen molar-refractivity contribution in [2.45, 2.75) is 25.8 Å².